The Morgan fingerprint density at radius 1 is 1.19 bits per heavy atom. The number of nitrogens with zero attached hydrogens (tertiary/aromatic N) is 2. The molecule has 1 N–H and O–H groups in total. The summed E-state index contributed by atoms with van der Waals surface area (Å²) >= 11 is 4.59. The molecular formula is C19H18N2O5S. The number of para-hydroxylation sites is 1. The Hall–Kier alpha value is -2.84. The maximum Gasteiger partial charge on any atom is 0.337 e. The van der Waals surface area contributed by atoms with Crippen molar-refractivity contribution < 1.29 is 23.8 Å². The van der Waals surface area contributed by atoms with Gasteiger partial charge in [-0.2, -0.15) is 0 Å². The number of thiol groups is 1. The number of carbonyl (C=O) groups is 1. The highest BCUT2D eigenvalue weighted by Gasteiger charge is 2.39. The van der Waals surface area contributed by atoms with E-state index in [1.807, 2.05) is 0 Å². The SMILES string of the molecule is CCOC(S)(c1nnc(-c2ccc(C(=O)OC)cc2)o1)c1ccccc1O. The minimum Gasteiger partial charge on any atom is -0.508 e. The topological polar surface area (TPSA) is 94.7 Å². The molecule has 1 unspecified atom stereocenters. The van der Waals surface area contributed by atoms with Crippen molar-refractivity contribution in [1.29, 1.82) is 0 Å². The lowest BCUT2D eigenvalue weighted by molar-refractivity contribution is 0.0427. The van der Waals surface area contributed by atoms with Crippen LogP contribution < -0.4 is 0 Å². The van der Waals surface area contributed by atoms with Crippen molar-refractivity contribution in [1.82, 2.24) is 10.2 Å². The van der Waals surface area contributed by atoms with E-state index in [-0.39, 0.29) is 17.5 Å². The van der Waals surface area contributed by atoms with Crippen LogP contribution >= 0.6 is 12.6 Å². The number of rotatable bonds is 6. The van der Waals surface area contributed by atoms with Crippen LogP contribution in [-0.2, 0) is 14.4 Å². The summed E-state index contributed by atoms with van der Waals surface area (Å²) in [7, 11) is 1.32. The molecule has 0 aliphatic rings. The second kappa shape index (κ2) is 7.81. The Morgan fingerprint density at radius 3 is 2.52 bits per heavy atom. The van der Waals surface area contributed by atoms with E-state index in [1.54, 1.807) is 49.4 Å². The van der Waals surface area contributed by atoms with Gasteiger partial charge in [-0.15, -0.1) is 22.8 Å². The van der Waals surface area contributed by atoms with Gasteiger partial charge in [-0.3, -0.25) is 0 Å². The predicted octanol–water partition coefficient (Wildman–Crippen LogP) is 3.40. The van der Waals surface area contributed by atoms with Crippen LogP contribution in [0.4, 0.5) is 0 Å². The largest absolute Gasteiger partial charge is 0.508 e. The quantitative estimate of drug-likeness (QED) is 0.381. The first kappa shape index (κ1) is 18.9. The van der Waals surface area contributed by atoms with Crippen LogP contribution in [0.3, 0.4) is 0 Å². The summed E-state index contributed by atoms with van der Waals surface area (Å²) in [4.78, 5) is 10.1. The van der Waals surface area contributed by atoms with E-state index < -0.39 is 10.9 Å². The van der Waals surface area contributed by atoms with Crippen LogP contribution in [0.1, 0.15) is 28.7 Å². The normalized spacial score (nSPS) is 13.1. The predicted molar refractivity (Wildman–Crippen MR) is 101 cm³/mol. The second-order valence-corrected chi connectivity index (χ2v) is 6.21. The summed E-state index contributed by atoms with van der Waals surface area (Å²) in [6.45, 7) is 2.11. The Balaban J connectivity index is 1.97. The van der Waals surface area contributed by atoms with E-state index in [0.29, 0.717) is 23.3 Å². The molecule has 2 aromatic carbocycles. The Bertz CT molecular complexity index is 941. The molecule has 27 heavy (non-hydrogen) atoms. The number of hydrogen-bond acceptors (Lipinski definition) is 8. The molecule has 0 spiro atoms. The molecule has 140 valence electrons. The van der Waals surface area contributed by atoms with Crippen molar-refractivity contribution in [3.8, 4) is 17.2 Å². The van der Waals surface area contributed by atoms with Crippen molar-refractivity contribution in [3.63, 3.8) is 0 Å². The van der Waals surface area contributed by atoms with Crippen LogP contribution in [0.15, 0.2) is 52.9 Å². The second-order valence-electron chi connectivity index (χ2n) is 5.58. The zero-order chi connectivity index (χ0) is 19.4. The fourth-order valence-corrected chi connectivity index (χ4v) is 2.98. The van der Waals surface area contributed by atoms with E-state index in [9.17, 15) is 9.90 Å². The van der Waals surface area contributed by atoms with Gasteiger partial charge in [0.05, 0.1) is 12.7 Å². The molecule has 8 heteroatoms. The molecule has 7 nitrogen and oxygen atoms in total. The smallest absolute Gasteiger partial charge is 0.337 e. The third kappa shape index (κ3) is 3.67. The van der Waals surface area contributed by atoms with Gasteiger partial charge in [0.25, 0.3) is 5.89 Å². The molecule has 1 heterocycles. The van der Waals surface area contributed by atoms with E-state index in [4.69, 9.17) is 9.15 Å². The summed E-state index contributed by atoms with van der Waals surface area (Å²) < 4.78 is 16.2. The number of phenolic OH excluding ortho intramolecular Hbond substituents is 1. The summed E-state index contributed by atoms with van der Waals surface area (Å²) in [5.41, 5.74) is 1.42. The molecule has 0 aliphatic heterocycles. The highest BCUT2D eigenvalue weighted by molar-refractivity contribution is 7.81. The molecule has 0 bridgehead atoms. The van der Waals surface area contributed by atoms with Gasteiger partial charge in [-0.05, 0) is 37.3 Å². The third-order valence-electron chi connectivity index (χ3n) is 3.89. The Kier molecular flexibility index (Phi) is 5.48. The number of hydrogen-bond donors (Lipinski definition) is 2. The first-order valence-corrected chi connectivity index (χ1v) is 8.62. The summed E-state index contributed by atoms with van der Waals surface area (Å²) in [5, 5.41) is 18.3. The highest BCUT2D eigenvalue weighted by atomic mass is 32.1. The summed E-state index contributed by atoms with van der Waals surface area (Å²) in [6, 6.07) is 13.2. The van der Waals surface area contributed by atoms with E-state index >= 15 is 0 Å². The Morgan fingerprint density at radius 2 is 1.89 bits per heavy atom. The zero-order valence-electron chi connectivity index (χ0n) is 14.7. The minimum absolute atomic E-state index is 0.00290. The zero-order valence-corrected chi connectivity index (χ0v) is 15.6. The molecule has 1 atom stereocenters. The van der Waals surface area contributed by atoms with Gasteiger partial charge < -0.3 is 19.0 Å². The first-order valence-electron chi connectivity index (χ1n) is 8.17. The number of ether oxygens (including phenoxy) is 2. The Labute approximate surface area is 161 Å². The number of methoxy groups -OCH3 is 1. The standard InChI is InChI=1S/C19H18N2O5S/c1-3-25-19(27,14-6-4-5-7-15(14)22)18-21-20-16(26-18)12-8-10-13(11-9-12)17(23)24-2/h4-11,22,27H,3H2,1-2H3. The maximum atomic E-state index is 11.5. The van der Waals surface area contributed by atoms with Crippen molar-refractivity contribution in [3.05, 3.63) is 65.5 Å². The van der Waals surface area contributed by atoms with Gasteiger partial charge >= 0.3 is 5.97 Å². The van der Waals surface area contributed by atoms with Crippen molar-refractivity contribution in [2.24, 2.45) is 0 Å². The third-order valence-corrected chi connectivity index (χ3v) is 4.45. The minimum atomic E-state index is -1.41. The molecule has 3 aromatic rings. The van der Waals surface area contributed by atoms with Crippen LogP contribution in [0, 0.1) is 0 Å². The molecule has 0 amide bonds. The van der Waals surface area contributed by atoms with Gasteiger partial charge in [0.15, 0.2) is 0 Å². The molecule has 3 rings (SSSR count). The van der Waals surface area contributed by atoms with E-state index in [2.05, 4.69) is 27.6 Å². The number of aromatic nitrogens is 2. The molecule has 0 radical (unpaired) electrons. The molecule has 1 aromatic heterocycles. The number of carbonyl (C=O) groups excluding carboxylic acids is 1. The van der Waals surface area contributed by atoms with Gasteiger partial charge in [0.2, 0.25) is 10.8 Å². The summed E-state index contributed by atoms with van der Waals surface area (Å²) in [6.07, 6.45) is 0. The lowest BCUT2D eigenvalue weighted by Gasteiger charge is -2.25. The fraction of sp³-hybridized carbons (Fsp3) is 0.211. The fourth-order valence-electron chi connectivity index (χ4n) is 2.57. The van der Waals surface area contributed by atoms with Gasteiger partial charge in [-0.1, -0.05) is 18.2 Å². The molecule has 0 saturated carbocycles. The average molecular weight is 386 g/mol. The van der Waals surface area contributed by atoms with E-state index in [0.717, 1.165) is 0 Å². The van der Waals surface area contributed by atoms with Crippen LogP contribution in [0.25, 0.3) is 11.5 Å². The first-order chi connectivity index (χ1) is 13.0. The van der Waals surface area contributed by atoms with Gasteiger partial charge in [0, 0.05) is 17.7 Å². The number of esters is 1. The van der Waals surface area contributed by atoms with Crippen LogP contribution in [-0.4, -0.2) is 35.0 Å². The number of benzene rings is 2. The van der Waals surface area contributed by atoms with Crippen LogP contribution in [0.2, 0.25) is 0 Å². The van der Waals surface area contributed by atoms with Gasteiger partial charge in [0.1, 0.15) is 5.75 Å². The van der Waals surface area contributed by atoms with Crippen LogP contribution in [0.5, 0.6) is 5.75 Å². The lowest BCUT2D eigenvalue weighted by Crippen LogP contribution is -2.25. The van der Waals surface area contributed by atoms with Gasteiger partial charge in [-0.25, -0.2) is 4.79 Å². The molecule has 0 fully saturated rings. The maximum absolute atomic E-state index is 11.5. The molecule has 0 aliphatic carbocycles. The number of phenols is 1. The van der Waals surface area contributed by atoms with Crippen molar-refractivity contribution >= 4 is 18.6 Å². The lowest BCUT2D eigenvalue weighted by atomic mass is 10.1. The molecular weight excluding hydrogens is 368 g/mol. The van der Waals surface area contributed by atoms with Crippen molar-refractivity contribution in [2.45, 2.75) is 11.9 Å². The van der Waals surface area contributed by atoms with Crippen molar-refractivity contribution in [2.75, 3.05) is 13.7 Å². The highest BCUT2D eigenvalue weighted by Crippen LogP contribution is 2.41. The number of aromatic hydroxyl groups is 1. The summed E-state index contributed by atoms with van der Waals surface area (Å²) in [5.74, 6) is -0.114. The molecule has 0 saturated heterocycles. The van der Waals surface area contributed by atoms with E-state index in [1.165, 1.54) is 13.2 Å². The monoisotopic (exact) mass is 386 g/mol. The average Bonchev–Trinajstić information content (AvgIpc) is 3.19.